The summed E-state index contributed by atoms with van der Waals surface area (Å²) < 4.78 is 5.41. The molecule has 0 aromatic heterocycles. The van der Waals surface area contributed by atoms with Crippen LogP contribution in [0.1, 0.15) is 32.6 Å². The number of rotatable bonds is 2. The van der Waals surface area contributed by atoms with Crippen molar-refractivity contribution in [2.24, 2.45) is 11.8 Å². The molecule has 2 aliphatic heterocycles. The lowest BCUT2D eigenvalue weighted by molar-refractivity contribution is -0.149. The Morgan fingerprint density at radius 2 is 1.81 bits per heavy atom. The van der Waals surface area contributed by atoms with Gasteiger partial charge in [-0.3, -0.25) is 19.3 Å². The second kappa shape index (κ2) is 5.75. The van der Waals surface area contributed by atoms with Gasteiger partial charge in [0.2, 0.25) is 17.7 Å². The summed E-state index contributed by atoms with van der Waals surface area (Å²) in [5, 5.41) is 0. The number of ether oxygens (including phenoxy) is 1. The van der Waals surface area contributed by atoms with Crippen molar-refractivity contribution in [3.8, 4) is 0 Å². The van der Waals surface area contributed by atoms with Crippen molar-refractivity contribution >= 4 is 17.7 Å². The Bertz CT molecular complexity index is 441. The minimum atomic E-state index is -0.178. The van der Waals surface area contributed by atoms with E-state index in [1.54, 1.807) is 4.90 Å². The zero-order chi connectivity index (χ0) is 15.0. The molecule has 1 saturated carbocycles. The maximum Gasteiger partial charge on any atom is 0.242 e. The highest BCUT2D eigenvalue weighted by molar-refractivity contribution is 6.07. The molecule has 3 atom stereocenters. The normalized spacial score (nSPS) is 33.3. The average Bonchev–Trinajstić information content (AvgIpc) is 2.73. The molecule has 0 N–H and O–H groups in total. The molecule has 3 aliphatic rings. The first kappa shape index (κ1) is 14.5. The van der Waals surface area contributed by atoms with Gasteiger partial charge in [-0.15, -0.1) is 0 Å². The summed E-state index contributed by atoms with van der Waals surface area (Å²) in [6.07, 6.45) is 3.59. The summed E-state index contributed by atoms with van der Waals surface area (Å²) >= 11 is 0. The van der Waals surface area contributed by atoms with Crippen molar-refractivity contribution in [3.63, 3.8) is 0 Å². The van der Waals surface area contributed by atoms with Crippen LogP contribution in [-0.2, 0) is 19.1 Å². The molecule has 6 nitrogen and oxygen atoms in total. The van der Waals surface area contributed by atoms with Crippen molar-refractivity contribution in [2.45, 2.75) is 38.7 Å². The fourth-order valence-electron chi connectivity index (χ4n) is 3.67. The molecule has 2 heterocycles. The maximum absolute atomic E-state index is 12.3. The summed E-state index contributed by atoms with van der Waals surface area (Å²) in [6, 6.07) is 0. The first-order valence-electron chi connectivity index (χ1n) is 7.82. The number of fused-ring (bicyclic) bond motifs is 1. The molecule has 116 valence electrons. The van der Waals surface area contributed by atoms with Gasteiger partial charge in [-0.05, 0) is 19.8 Å². The van der Waals surface area contributed by atoms with Crippen molar-refractivity contribution in [3.05, 3.63) is 0 Å². The first-order valence-corrected chi connectivity index (χ1v) is 7.82. The molecule has 0 aromatic rings. The van der Waals surface area contributed by atoms with Gasteiger partial charge < -0.3 is 9.64 Å². The standard InChI is InChI=1S/C15H22N2O4/c1-10-8-16(6-7-21-10)13(18)9-17-14(19)11-4-2-3-5-12(11)15(17)20/h10-12H,2-9H2,1H3. The Morgan fingerprint density at radius 3 is 2.38 bits per heavy atom. The molecule has 3 fully saturated rings. The lowest BCUT2D eigenvalue weighted by Crippen LogP contribution is -2.49. The number of nitrogens with zero attached hydrogens (tertiary/aromatic N) is 2. The highest BCUT2D eigenvalue weighted by Gasteiger charge is 2.48. The number of carbonyl (C=O) groups excluding carboxylic acids is 3. The van der Waals surface area contributed by atoms with Crippen LogP contribution >= 0.6 is 0 Å². The summed E-state index contributed by atoms with van der Waals surface area (Å²) in [6.45, 7) is 3.39. The summed E-state index contributed by atoms with van der Waals surface area (Å²) in [4.78, 5) is 39.9. The highest BCUT2D eigenvalue weighted by atomic mass is 16.5. The second-order valence-corrected chi connectivity index (χ2v) is 6.28. The Hall–Kier alpha value is -1.43. The number of hydrogen-bond donors (Lipinski definition) is 0. The molecule has 3 amide bonds. The van der Waals surface area contributed by atoms with Crippen LogP contribution in [0.2, 0.25) is 0 Å². The predicted molar refractivity (Wildman–Crippen MR) is 74.2 cm³/mol. The van der Waals surface area contributed by atoms with E-state index in [-0.39, 0.29) is 42.2 Å². The SMILES string of the molecule is CC1CN(C(=O)CN2C(=O)C3CCCCC3C2=O)CCO1. The molecule has 3 unspecified atom stereocenters. The Kier molecular flexibility index (Phi) is 3.97. The molecule has 0 spiro atoms. The van der Waals surface area contributed by atoms with E-state index in [1.165, 1.54) is 4.90 Å². The molecule has 1 aliphatic carbocycles. The summed E-state index contributed by atoms with van der Waals surface area (Å²) in [5.74, 6) is -0.783. The lowest BCUT2D eigenvalue weighted by atomic mass is 9.81. The Morgan fingerprint density at radius 1 is 1.19 bits per heavy atom. The summed E-state index contributed by atoms with van der Waals surface area (Å²) in [7, 11) is 0. The summed E-state index contributed by atoms with van der Waals surface area (Å²) in [5.41, 5.74) is 0. The van der Waals surface area contributed by atoms with E-state index in [4.69, 9.17) is 4.74 Å². The van der Waals surface area contributed by atoms with Gasteiger partial charge in [0.1, 0.15) is 6.54 Å². The average molecular weight is 294 g/mol. The van der Waals surface area contributed by atoms with Crippen LogP contribution in [-0.4, -0.2) is 59.9 Å². The van der Waals surface area contributed by atoms with Crippen molar-refractivity contribution < 1.29 is 19.1 Å². The van der Waals surface area contributed by atoms with Crippen molar-refractivity contribution in [1.82, 2.24) is 9.80 Å². The van der Waals surface area contributed by atoms with Crippen LogP contribution in [0.3, 0.4) is 0 Å². The number of carbonyl (C=O) groups is 3. The molecule has 3 rings (SSSR count). The molecule has 0 radical (unpaired) electrons. The number of morpholine rings is 1. The van der Waals surface area contributed by atoms with Crippen LogP contribution in [0, 0.1) is 11.8 Å². The van der Waals surface area contributed by atoms with Gasteiger partial charge in [0.15, 0.2) is 0 Å². The molecule has 0 aromatic carbocycles. The van der Waals surface area contributed by atoms with Gasteiger partial charge in [0, 0.05) is 13.1 Å². The zero-order valence-electron chi connectivity index (χ0n) is 12.4. The minimum absolute atomic E-state index is 0.00950. The predicted octanol–water partition coefficient (Wildman–Crippen LogP) is 0.409. The van der Waals surface area contributed by atoms with E-state index in [2.05, 4.69) is 0 Å². The largest absolute Gasteiger partial charge is 0.375 e. The van der Waals surface area contributed by atoms with Crippen molar-refractivity contribution in [1.29, 1.82) is 0 Å². The van der Waals surface area contributed by atoms with E-state index < -0.39 is 0 Å². The fourth-order valence-corrected chi connectivity index (χ4v) is 3.67. The van der Waals surface area contributed by atoms with Crippen LogP contribution < -0.4 is 0 Å². The third-order valence-electron chi connectivity index (χ3n) is 4.82. The Balaban J connectivity index is 1.65. The smallest absolute Gasteiger partial charge is 0.242 e. The molecule has 0 bridgehead atoms. The van der Waals surface area contributed by atoms with Crippen LogP contribution in [0.5, 0.6) is 0 Å². The molecule has 21 heavy (non-hydrogen) atoms. The molecule has 2 saturated heterocycles. The van der Waals surface area contributed by atoms with Crippen molar-refractivity contribution in [2.75, 3.05) is 26.2 Å². The second-order valence-electron chi connectivity index (χ2n) is 6.28. The third kappa shape index (κ3) is 2.69. The highest BCUT2D eigenvalue weighted by Crippen LogP contribution is 2.37. The zero-order valence-corrected chi connectivity index (χ0v) is 12.4. The Labute approximate surface area is 124 Å². The van der Waals surface area contributed by atoms with Crippen LogP contribution in [0.4, 0.5) is 0 Å². The van der Waals surface area contributed by atoms with Gasteiger partial charge in [-0.2, -0.15) is 0 Å². The van der Waals surface area contributed by atoms with Crippen LogP contribution in [0.15, 0.2) is 0 Å². The number of hydrogen-bond acceptors (Lipinski definition) is 4. The third-order valence-corrected chi connectivity index (χ3v) is 4.82. The van der Waals surface area contributed by atoms with Gasteiger partial charge in [-0.1, -0.05) is 12.8 Å². The number of likely N-dealkylation sites (tertiary alicyclic amines) is 1. The topological polar surface area (TPSA) is 66.9 Å². The maximum atomic E-state index is 12.3. The van der Waals surface area contributed by atoms with E-state index in [0.717, 1.165) is 25.7 Å². The van der Waals surface area contributed by atoms with E-state index in [0.29, 0.717) is 19.7 Å². The molecular weight excluding hydrogens is 272 g/mol. The van der Waals surface area contributed by atoms with Gasteiger partial charge >= 0.3 is 0 Å². The fraction of sp³-hybridized carbons (Fsp3) is 0.800. The van der Waals surface area contributed by atoms with Gasteiger partial charge in [-0.25, -0.2) is 0 Å². The van der Waals surface area contributed by atoms with Gasteiger partial charge in [0.05, 0.1) is 24.5 Å². The minimum Gasteiger partial charge on any atom is -0.375 e. The lowest BCUT2D eigenvalue weighted by Gasteiger charge is -2.32. The number of imide groups is 1. The monoisotopic (exact) mass is 294 g/mol. The van der Waals surface area contributed by atoms with Gasteiger partial charge in [0.25, 0.3) is 0 Å². The van der Waals surface area contributed by atoms with E-state index in [1.807, 2.05) is 6.92 Å². The van der Waals surface area contributed by atoms with E-state index >= 15 is 0 Å². The molecular formula is C15H22N2O4. The van der Waals surface area contributed by atoms with E-state index in [9.17, 15) is 14.4 Å². The van der Waals surface area contributed by atoms with Crippen LogP contribution in [0.25, 0.3) is 0 Å². The molecule has 6 heteroatoms. The number of amides is 3. The first-order chi connectivity index (χ1) is 10.1. The quantitative estimate of drug-likeness (QED) is 0.692.